The molecule has 0 radical (unpaired) electrons. The van der Waals surface area contributed by atoms with E-state index in [2.05, 4.69) is 26.7 Å². The topological polar surface area (TPSA) is 80.9 Å². The first-order chi connectivity index (χ1) is 14.3. The van der Waals surface area contributed by atoms with Crippen LogP contribution in [0.5, 0.6) is 11.5 Å². The van der Waals surface area contributed by atoms with E-state index in [-0.39, 0.29) is 24.0 Å². The van der Waals surface area contributed by atoms with E-state index in [9.17, 15) is 0 Å². The van der Waals surface area contributed by atoms with E-state index in [0.29, 0.717) is 19.2 Å². The van der Waals surface area contributed by atoms with Gasteiger partial charge in [0.15, 0.2) is 17.5 Å². The normalized spacial score (nSPS) is 12.4. The van der Waals surface area contributed by atoms with Gasteiger partial charge in [0.2, 0.25) is 12.7 Å². The monoisotopic (exact) mass is 520 g/mol. The molecule has 2 N–H and O–H groups in total. The van der Waals surface area contributed by atoms with E-state index in [0.717, 1.165) is 48.2 Å². The van der Waals surface area contributed by atoms with Gasteiger partial charge in [0.05, 0.1) is 6.54 Å². The summed E-state index contributed by atoms with van der Waals surface area (Å²) in [6, 6.07) is 15.9. The molecule has 0 saturated heterocycles. The number of hydrogen-bond donors (Lipinski definition) is 2. The van der Waals surface area contributed by atoms with Crippen LogP contribution in [0.25, 0.3) is 11.5 Å². The minimum atomic E-state index is 0. The number of nitrogens with one attached hydrogen (secondary N) is 2. The highest BCUT2D eigenvalue weighted by molar-refractivity contribution is 14.0. The smallest absolute Gasteiger partial charge is 0.231 e. The van der Waals surface area contributed by atoms with Crippen LogP contribution < -0.4 is 20.1 Å². The Morgan fingerprint density at radius 2 is 1.90 bits per heavy atom. The van der Waals surface area contributed by atoms with Gasteiger partial charge in [0, 0.05) is 18.7 Å². The lowest BCUT2D eigenvalue weighted by Crippen LogP contribution is -2.38. The van der Waals surface area contributed by atoms with Crippen molar-refractivity contribution in [2.75, 3.05) is 19.9 Å². The molecule has 0 spiro atoms. The molecule has 1 aliphatic rings. The van der Waals surface area contributed by atoms with Crippen LogP contribution in [0.2, 0.25) is 0 Å². The molecular weight excluding hydrogens is 495 g/mol. The number of hydrogen-bond acceptors (Lipinski definition) is 5. The fourth-order valence-corrected chi connectivity index (χ4v) is 3.02. The van der Waals surface area contributed by atoms with Gasteiger partial charge in [-0.15, -0.1) is 24.0 Å². The summed E-state index contributed by atoms with van der Waals surface area (Å²) in [6.07, 6.45) is 2.51. The molecule has 0 saturated carbocycles. The number of halogens is 1. The molecule has 0 unspecified atom stereocenters. The van der Waals surface area contributed by atoms with Crippen molar-refractivity contribution in [1.29, 1.82) is 0 Å². The number of oxazole rings is 1. The number of ether oxygens (including phenoxy) is 2. The maximum Gasteiger partial charge on any atom is 0.231 e. The van der Waals surface area contributed by atoms with Gasteiger partial charge in [0.1, 0.15) is 12.0 Å². The number of fused-ring (bicyclic) bond motifs is 1. The highest BCUT2D eigenvalue weighted by Gasteiger charge is 2.13. The van der Waals surface area contributed by atoms with Crippen molar-refractivity contribution in [2.24, 2.45) is 4.99 Å². The van der Waals surface area contributed by atoms with Crippen LogP contribution in [0.4, 0.5) is 0 Å². The van der Waals surface area contributed by atoms with Crippen molar-refractivity contribution in [3.63, 3.8) is 0 Å². The lowest BCUT2D eigenvalue weighted by molar-refractivity contribution is 0.174. The van der Waals surface area contributed by atoms with Crippen molar-refractivity contribution in [2.45, 2.75) is 19.9 Å². The van der Waals surface area contributed by atoms with E-state index < -0.39 is 0 Å². The molecule has 0 aliphatic carbocycles. The number of nitrogens with zero attached hydrogens (tertiary/aromatic N) is 2. The first-order valence-corrected chi connectivity index (χ1v) is 9.72. The molecule has 1 aromatic heterocycles. The van der Waals surface area contributed by atoms with Crippen molar-refractivity contribution in [3.05, 3.63) is 66.1 Å². The fourth-order valence-electron chi connectivity index (χ4n) is 3.02. The molecule has 7 nitrogen and oxygen atoms in total. The molecule has 2 heterocycles. The number of aromatic nitrogens is 1. The summed E-state index contributed by atoms with van der Waals surface area (Å²) in [5.41, 5.74) is 2.93. The number of guanidine groups is 1. The zero-order valence-corrected chi connectivity index (χ0v) is 19.1. The quantitative estimate of drug-likeness (QED) is 0.279. The molecule has 3 aromatic rings. The predicted octanol–water partition coefficient (Wildman–Crippen LogP) is 3.99. The third-order valence-corrected chi connectivity index (χ3v) is 4.46. The number of aliphatic imine (C=N–C) groups is 1. The molecule has 4 rings (SSSR count). The SMILES string of the molecule is CCNC(=NCc1coc(-c2ccccc2)n1)NCCc1ccc2c(c1)OCO2.I. The van der Waals surface area contributed by atoms with Crippen LogP contribution in [-0.4, -0.2) is 30.8 Å². The number of rotatable bonds is 7. The largest absolute Gasteiger partial charge is 0.454 e. The highest BCUT2D eigenvalue weighted by Crippen LogP contribution is 2.32. The molecule has 0 bridgehead atoms. The van der Waals surface area contributed by atoms with E-state index in [1.807, 2.05) is 49.4 Å². The van der Waals surface area contributed by atoms with Crippen molar-refractivity contribution >= 4 is 29.9 Å². The second-order valence-electron chi connectivity index (χ2n) is 6.57. The van der Waals surface area contributed by atoms with Crippen LogP contribution in [-0.2, 0) is 13.0 Å². The number of benzene rings is 2. The summed E-state index contributed by atoms with van der Waals surface area (Å²) in [6.45, 7) is 4.31. The molecule has 30 heavy (non-hydrogen) atoms. The molecule has 0 amide bonds. The van der Waals surface area contributed by atoms with Crippen molar-refractivity contribution in [1.82, 2.24) is 15.6 Å². The lowest BCUT2D eigenvalue weighted by atomic mass is 10.1. The van der Waals surface area contributed by atoms with Gasteiger partial charge in [0.25, 0.3) is 0 Å². The standard InChI is InChI=1S/C22H24N4O3.HI/c1-2-23-22(24-11-10-16-8-9-19-20(12-16)29-15-28-19)25-13-18-14-27-21(26-18)17-6-4-3-5-7-17;/h3-9,12,14H,2,10-11,13,15H2,1H3,(H2,23,24,25);1H. The molecular formula is C22H25IN4O3. The zero-order valence-electron chi connectivity index (χ0n) is 16.8. The second-order valence-corrected chi connectivity index (χ2v) is 6.57. The maximum absolute atomic E-state index is 5.58. The zero-order chi connectivity index (χ0) is 19.9. The first kappa shape index (κ1) is 21.9. The van der Waals surface area contributed by atoms with Crippen LogP contribution >= 0.6 is 24.0 Å². The van der Waals surface area contributed by atoms with Gasteiger partial charge in [-0.1, -0.05) is 24.3 Å². The molecule has 2 aromatic carbocycles. The van der Waals surface area contributed by atoms with Gasteiger partial charge in [-0.25, -0.2) is 9.98 Å². The van der Waals surface area contributed by atoms with Crippen molar-refractivity contribution in [3.8, 4) is 23.0 Å². The molecule has 8 heteroatoms. The second kappa shape index (κ2) is 10.9. The molecule has 0 atom stereocenters. The van der Waals surface area contributed by atoms with E-state index >= 15 is 0 Å². The lowest BCUT2D eigenvalue weighted by Gasteiger charge is -2.11. The van der Waals surface area contributed by atoms with Crippen LogP contribution in [0.3, 0.4) is 0 Å². The summed E-state index contributed by atoms with van der Waals surface area (Å²) in [4.78, 5) is 9.13. The third kappa shape index (κ3) is 5.65. The third-order valence-electron chi connectivity index (χ3n) is 4.46. The Balaban J connectivity index is 0.00000256. The molecule has 1 aliphatic heterocycles. The molecule has 0 fully saturated rings. The Morgan fingerprint density at radius 3 is 2.73 bits per heavy atom. The first-order valence-electron chi connectivity index (χ1n) is 9.72. The van der Waals surface area contributed by atoms with Crippen LogP contribution in [0.15, 0.2) is 64.2 Å². The predicted molar refractivity (Wildman–Crippen MR) is 126 cm³/mol. The summed E-state index contributed by atoms with van der Waals surface area (Å²) in [5, 5.41) is 6.61. The fraction of sp³-hybridized carbons (Fsp3) is 0.273. The van der Waals surface area contributed by atoms with Gasteiger partial charge in [-0.2, -0.15) is 0 Å². The Hall–Kier alpha value is -2.75. The van der Waals surface area contributed by atoms with E-state index in [1.165, 1.54) is 5.56 Å². The Bertz CT molecular complexity index is 976. The minimum Gasteiger partial charge on any atom is -0.454 e. The maximum atomic E-state index is 5.58. The van der Waals surface area contributed by atoms with Gasteiger partial charge in [-0.3, -0.25) is 0 Å². The highest BCUT2D eigenvalue weighted by atomic mass is 127. The van der Waals surface area contributed by atoms with Gasteiger partial charge in [-0.05, 0) is 43.2 Å². The summed E-state index contributed by atoms with van der Waals surface area (Å²) >= 11 is 0. The summed E-state index contributed by atoms with van der Waals surface area (Å²) in [5.74, 6) is 2.97. The van der Waals surface area contributed by atoms with Crippen LogP contribution in [0, 0.1) is 0 Å². The van der Waals surface area contributed by atoms with E-state index in [4.69, 9.17) is 13.9 Å². The Kier molecular flexibility index (Phi) is 7.95. The minimum absolute atomic E-state index is 0. The van der Waals surface area contributed by atoms with Crippen molar-refractivity contribution < 1.29 is 13.9 Å². The van der Waals surface area contributed by atoms with Gasteiger partial charge < -0.3 is 24.5 Å². The van der Waals surface area contributed by atoms with Crippen LogP contribution in [0.1, 0.15) is 18.2 Å². The average molecular weight is 520 g/mol. The van der Waals surface area contributed by atoms with E-state index in [1.54, 1.807) is 6.26 Å². The Morgan fingerprint density at radius 1 is 1.07 bits per heavy atom. The van der Waals surface area contributed by atoms with Gasteiger partial charge >= 0.3 is 0 Å². The average Bonchev–Trinajstić information content (AvgIpc) is 3.42. The summed E-state index contributed by atoms with van der Waals surface area (Å²) < 4.78 is 16.4. The Labute approximate surface area is 192 Å². The molecule has 158 valence electrons. The summed E-state index contributed by atoms with van der Waals surface area (Å²) in [7, 11) is 0.